The molecule has 0 bridgehead atoms. The van der Waals surface area contributed by atoms with E-state index >= 15 is 0 Å². The van der Waals surface area contributed by atoms with Crippen LogP contribution in [-0.2, 0) is 10.0 Å². The minimum atomic E-state index is -3.46. The van der Waals surface area contributed by atoms with E-state index in [-0.39, 0.29) is 5.41 Å². The molecule has 0 saturated heterocycles. The molecule has 0 atom stereocenters. The van der Waals surface area contributed by atoms with Gasteiger partial charge >= 0.3 is 0 Å². The van der Waals surface area contributed by atoms with Gasteiger partial charge in [-0.25, -0.2) is 13.1 Å². The number of hydrogen-bond acceptors (Lipinski definition) is 3. The summed E-state index contributed by atoms with van der Waals surface area (Å²) in [6, 6.07) is 5.04. The molecule has 0 saturated carbocycles. The molecule has 0 radical (unpaired) electrons. The predicted octanol–water partition coefficient (Wildman–Crippen LogP) is 2.62. The first-order valence-corrected chi connectivity index (χ1v) is 8.72. The van der Waals surface area contributed by atoms with Crippen LogP contribution < -0.4 is 4.72 Å². The van der Waals surface area contributed by atoms with Gasteiger partial charge < -0.3 is 4.90 Å². The molecule has 1 aromatic rings. The van der Waals surface area contributed by atoms with Crippen molar-refractivity contribution in [2.75, 3.05) is 27.2 Å². The van der Waals surface area contributed by atoms with Crippen molar-refractivity contribution < 1.29 is 8.42 Å². The molecule has 0 aliphatic rings. The highest BCUT2D eigenvalue weighted by Gasteiger charge is 2.23. The van der Waals surface area contributed by atoms with Crippen molar-refractivity contribution in [1.29, 1.82) is 0 Å². The topological polar surface area (TPSA) is 49.4 Å². The Kier molecular flexibility index (Phi) is 5.78. The summed E-state index contributed by atoms with van der Waals surface area (Å²) in [7, 11) is 0.503. The van der Waals surface area contributed by atoms with Crippen LogP contribution in [0.5, 0.6) is 0 Å². The Bertz CT molecular complexity index is 569. The molecule has 0 aliphatic carbocycles. The molecule has 1 aromatic carbocycles. The molecule has 0 unspecified atom stereocenters. The average Bonchev–Trinajstić information content (AvgIpc) is 2.29. The molecule has 1 rings (SSSR count). The molecule has 0 fully saturated rings. The first-order valence-electron chi connectivity index (χ1n) is 6.44. The molecular formula is C14H23BrN2O2S. The monoisotopic (exact) mass is 362 g/mol. The van der Waals surface area contributed by atoms with Crippen LogP contribution in [0, 0.1) is 12.3 Å². The normalized spacial score (nSPS) is 12.9. The zero-order valence-electron chi connectivity index (χ0n) is 12.7. The van der Waals surface area contributed by atoms with Crippen molar-refractivity contribution in [2.45, 2.75) is 25.7 Å². The lowest BCUT2D eigenvalue weighted by Gasteiger charge is -2.28. The summed E-state index contributed by atoms with van der Waals surface area (Å²) < 4.78 is 28.2. The van der Waals surface area contributed by atoms with Crippen LogP contribution in [0.3, 0.4) is 0 Å². The molecule has 0 aliphatic heterocycles. The Morgan fingerprint density at radius 1 is 1.30 bits per heavy atom. The van der Waals surface area contributed by atoms with Crippen LogP contribution in [0.25, 0.3) is 0 Å². The first kappa shape index (κ1) is 17.6. The van der Waals surface area contributed by atoms with Gasteiger partial charge in [0.2, 0.25) is 10.0 Å². The maximum absolute atomic E-state index is 12.3. The third kappa shape index (κ3) is 5.16. The highest BCUT2D eigenvalue weighted by atomic mass is 79.9. The van der Waals surface area contributed by atoms with Crippen LogP contribution in [0.2, 0.25) is 0 Å². The second-order valence-electron chi connectivity index (χ2n) is 6.14. The van der Waals surface area contributed by atoms with Crippen molar-refractivity contribution in [3.63, 3.8) is 0 Å². The fourth-order valence-electron chi connectivity index (χ4n) is 2.07. The number of rotatable bonds is 6. The summed E-state index contributed by atoms with van der Waals surface area (Å²) in [5.74, 6) is 0. The van der Waals surface area contributed by atoms with E-state index in [1.807, 2.05) is 34.9 Å². The van der Waals surface area contributed by atoms with Crippen LogP contribution in [0.1, 0.15) is 19.4 Å². The van der Waals surface area contributed by atoms with Gasteiger partial charge in [-0.3, -0.25) is 0 Å². The molecule has 20 heavy (non-hydrogen) atoms. The van der Waals surface area contributed by atoms with Gasteiger partial charge in [0, 0.05) is 17.6 Å². The van der Waals surface area contributed by atoms with Crippen molar-refractivity contribution in [1.82, 2.24) is 9.62 Å². The molecule has 0 aromatic heterocycles. The van der Waals surface area contributed by atoms with Gasteiger partial charge in [-0.1, -0.05) is 29.8 Å². The third-order valence-corrected chi connectivity index (χ3v) is 5.21. The van der Waals surface area contributed by atoms with Gasteiger partial charge in [-0.2, -0.15) is 0 Å². The second kappa shape index (κ2) is 6.56. The smallest absolute Gasteiger partial charge is 0.240 e. The van der Waals surface area contributed by atoms with E-state index in [2.05, 4.69) is 25.6 Å². The largest absolute Gasteiger partial charge is 0.309 e. The lowest BCUT2D eigenvalue weighted by Crippen LogP contribution is -2.39. The summed E-state index contributed by atoms with van der Waals surface area (Å²) in [6.45, 7) is 7.18. The van der Waals surface area contributed by atoms with Crippen LogP contribution >= 0.6 is 15.9 Å². The van der Waals surface area contributed by atoms with E-state index in [1.165, 1.54) is 0 Å². The zero-order chi connectivity index (χ0) is 15.6. The van der Waals surface area contributed by atoms with Gasteiger partial charge in [0.25, 0.3) is 0 Å². The fourth-order valence-corrected chi connectivity index (χ4v) is 3.64. The summed E-state index contributed by atoms with van der Waals surface area (Å²) in [6.07, 6.45) is 0. The van der Waals surface area contributed by atoms with E-state index in [9.17, 15) is 8.42 Å². The van der Waals surface area contributed by atoms with Gasteiger partial charge in [-0.05, 0) is 50.2 Å². The Hall–Kier alpha value is -0.430. The quantitative estimate of drug-likeness (QED) is 0.845. The zero-order valence-corrected chi connectivity index (χ0v) is 15.1. The van der Waals surface area contributed by atoms with Crippen LogP contribution in [0.4, 0.5) is 0 Å². The lowest BCUT2D eigenvalue weighted by molar-refractivity contribution is 0.242. The van der Waals surface area contributed by atoms with Crippen molar-refractivity contribution in [3.05, 3.63) is 28.2 Å². The van der Waals surface area contributed by atoms with Crippen molar-refractivity contribution >= 4 is 26.0 Å². The SMILES string of the molecule is Cc1cc(S(=O)(=O)NCC(C)(C)CN(C)C)ccc1Br. The molecule has 0 amide bonds. The van der Waals surface area contributed by atoms with Crippen molar-refractivity contribution in [2.24, 2.45) is 5.41 Å². The maximum atomic E-state index is 12.3. The first-order chi connectivity index (χ1) is 9.03. The summed E-state index contributed by atoms with van der Waals surface area (Å²) in [4.78, 5) is 2.36. The Morgan fingerprint density at radius 3 is 2.40 bits per heavy atom. The van der Waals surface area contributed by atoms with Crippen molar-refractivity contribution in [3.8, 4) is 0 Å². The number of nitrogens with one attached hydrogen (secondary N) is 1. The van der Waals surface area contributed by atoms with Crippen LogP contribution in [0.15, 0.2) is 27.6 Å². The number of halogens is 1. The van der Waals surface area contributed by atoms with E-state index < -0.39 is 10.0 Å². The van der Waals surface area contributed by atoms with Gasteiger partial charge in [0.15, 0.2) is 0 Å². The van der Waals surface area contributed by atoms with Crippen LogP contribution in [-0.4, -0.2) is 40.5 Å². The summed E-state index contributed by atoms with van der Waals surface area (Å²) in [5, 5.41) is 0. The minimum absolute atomic E-state index is 0.124. The van der Waals surface area contributed by atoms with Gasteiger partial charge in [0.05, 0.1) is 4.90 Å². The second-order valence-corrected chi connectivity index (χ2v) is 8.76. The number of hydrogen-bond donors (Lipinski definition) is 1. The van der Waals surface area contributed by atoms with E-state index in [0.717, 1.165) is 16.6 Å². The molecule has 4 nitrogen and oxygen atoms in total. The summed E-state index contributed by atoms with van der Waals surface area (Å²) >= 11 is 3.37. The van der Waals surface area contributed by atoms with E-state index in [4.69, 9.17) is 0 Å². The summed E-state index contributed by atoms with van der Waals surface area (Å²) in [5.41, 5.74) is 0.779. The van der Waals surface area contributed by atoms with Gasteiger partial charge in [0.1, 0.15) is 0 Å². The molecule has 0 spiro atoms. The number of aryl methyl sites for hydroxylation is 1. The average molecular weight is 363 g/mol. The number of nitrogens with zero attached hydrogens (tertiary/aromatic N) is 1. The standard InChI is InChI=1S/C14H23BrN2O2S/c1-11-8-12(6-7-13(11)15)20(18,19)16-9-14(2,3)10-17(4)5/h6-8,16H,9-10H2,1-5H3. The highest BCUT2D eigenvalue weighted by Crippen LogP contribution is 2.21. The Balaban J connectivity index is 2.82. The highest BCUT2D eigenvalue weighted by molar-refractivity contribution is 9.10. The molecule has 114 valence electrons. The maximum Gasteiger partial charge on any atom is 0.240 e. The predicted molar refractivity (Wildman–Crippen MR) is 86.4 cm³/mol. The minimum Gasteiger partial charge on any atom is -0.309 e. The molecular weight excluding hydrogens is 340 g/mol. The van der Waals surface area contributed by atoms with Gasteiger partial charge in [-0.15, -0.1) is 0 Å². The number of benzene rings is 1. The molecule has 6 heteroatoms. The molecule has 1 N–H and O–H groups in total. The lowest BCUT2D eigenvalue weighted by atomic mass is 9.93. The Morgan fingerprint density at radius 2 is 1.90 bits per heavy atom. The fraction of sp³-hybridized carbons (Fsp3) is 0.571. The number of sulfonamides is 1. The molecule has 0 heterocycles. The Labute approximate surface area is 130 Å². The van der Waals surface area contributed by atoms with E-state index in [0.29, 0.717) is 11.4 Å². The van der Waals surface area contributed by atoms with E-state index in [1.54, 1.807) is 18.2 Å². The third-order valence-electron chi connectivity index (χ3n) is 2.92.